The third kappa shape index (κ3) is 2.42. The van der Waals surface area contributed by atoms with Gasteiger partial charge in [0.1, 0.15) is 5.52 Å². The maximum atomic E-state index is 14.1. The minimum Gasteiger partial charge on any atom is -0.438 e. The van der Waals surface area contributed by atoms with E-state index in [0.29, 0.717) is 11.4 Å². The number of oxazole rings is 1. The standard InChI is InChI=1S/C14H18FN3O/c1-2-3-13-17-12-9-10(8-11(15)14(12)19-13)18-6-4-16-5-7-18/h8-9,16H,2-7H2,1H3. The summed E-state index contributed by atoms with van der Waals surface area (Å²) >= 11 is 0. The first-order valence-electron chi connectivity index (χ1n) is 6.82. The van der Waals surface area contributed by atoms with Crippen LogP contribution >= 0.6 is 0 Å². The first kappa shape index (κ1) is 12.4. The van der Waals surface area contributed by atoms with E-state index in [4.69, 9.17) is 4.42 Å². The van der Waals surface area contributed by atoms with Gasteiger partial charge in [0.05, 0.1) is 0 Å². The number of nitrogens with zero attached hydrogens (tertiary/aromatic N) is 2. The fourth-order valence-electron chi connectivity index (χ4n) is 2.45. The monoisotopic (exact) mass is 263 g/mol. The molecule has 0 saturated carbocycles. The maximum absolute atomic E-state index is 14.1. The highest BCUT2D eigenvalue weighted by Crippen LogP contribution is 2.26. The summed E-state index contributed by atoms with van der Waals surface area (Å²) in [6, 6.07) is 3.47. The molecule has 0 atom stereocenters. The van der Waals surface area contributed by atoms with E-state index in [2.05, 4.69) is 22.1 Å². The SMILES string of the molecule is CCCc1nc2cc(N3CCNCC3)cc(F)c2o1. The molecule has 1 aliphatic heterocycles. The van der Waals surface area contributed by atoms with Gasteiger partial charge in [-0.3, -0.25) is 0 Å². The molecule has 0 radical (unpaired) electrons. The van der Waals surface area contributed by atoms with Crippen molar-refractivity contribution in [3.63, 3.8) is 0 Å². The molecular weight excluding hydrogens is 245 g/mol. The van der Waals surface area contributed by atoms with Gasteiger partial charge in [0.25, 0.3) is 0 Å². The minimum absolute atomic E-state index is 0.280. The highest BCUT2D eigenvalue weighted by molar-refractivity contribution is 5.78. The van der Waals surface area contributed by atoms with Gasteiger partial charge in [-0.25, -0.2) is 9.37 Å². The van der Waals surface area contributed by atoms with E-state index in [0.717, 1.165) is 44.7 Å². The van der Waals surface area contributed by atoms with E-state index in [9.17, 15) is 4.39 Å². The second kappa shape index (κ2) is 5.17. The maximum Gasteiger partial charge on any atom is 0.195 e. The average Bonchev–Trinajstić information content (AvgIpc) is 2.83. The minimum atomic E-state index is -0.319. The third-order valence-corrected chi connectivity index (χ3v) is 3.42. The number of halogens is 1. The van der Waals surface area contributed by atoms with Gasteiger partial charge in [0, 0.05) is 44.4 Å². The van der Waals surface area contributed by atoms with Crippen LogP contribution in [-0.4, -0.2) is 31.2 Å². The van der Waals surface area contributed by atoms with Gasteiger partial charge >= 0.3 is 0 Å². The Balaban J connectivity index is 1.97. The van der Waals surface area contributed by atoms with Crippen LogP contribution in [0.3, 0.4) is 0 Å². The lowest BCUT2D eigenvalue weighted by atomic mass is 10.2. The fourth-order valence-corrected chi connectivity index (χ4v) is 2.45. The first-order chi connectivity index (χ1) is 9.28. The molecule has 19 heavy (non-hydrogen) atoms. The number of aromatic nitrogens is 1. The van der Waals surface area contributed by atoms with Crippen molar-refractivity contribution < 1.29 is 8.81 Å². The summed E-state index contributed by atoms with van der Waals surface area (Å²) in [7, 11) is 0. The Morgan fingerprint density at radius 1 is 1.37 bits per heavy atom. The van der Waals surface area contributed by atoms with Crippen molar-refractivity contribution in [3.8, 4) is 0 Å². The molecule has 0 unspecified atom stereocenters. The molecule has 3 rings (SSSR count). The van der Waals surface area contributed by atoms with E-state index in [1.165, 1.54) is 0 Å². The zero-order valence-electron chi connectivity index (χ0n) is 11.1. The van der Waals surface area contributed by atoms with Crippen LogP contribution in [0.4, 0.5) is 10.1 Å². The Morgan fingerprint density at radius 2 is 2.16 bits per heavy atom. The molecule has 0 amide bonds. The Kier molecular flexibility index (Phi) is 3.38. The Labute approximate surface area is 111 Å². The highest BCUT2D eigenvalue weighted by Gasteiger charge is 2.16. The van der Waals surface area contributed by atoms with Crippen LogP contribution in [0.2, 0.25) is 0 Å². The van der Waals surface area contributed by atoms with Crippen LogP contribution in [0.1, 0.15) is 19.2 Å². The molecule has 4 nitrogen and oxygen atoms in total. The van der Waals surface area contributed by atoms with Crippen molar-refractivity contribution in [1.82, 2.24) is 10.3 Å². The molecule has 1 saturated heterocycles. The number of benzene rings is 1. The van der Waals surface area contributed by atoms with E-state index in [1.54, 1.807) is 6.07 Å². The van der Waals surface area contributed by atoms with Crippen LogP contribution in [0.25, 0.3) is 11.1 Å². The van der Waals surface area contributed by atoms with Crippen LogP contribution in [-0.2, 0) is 6.42 Å². The molecule has 2 aromatic rings. The second-order valence-corrected chi connectivity index (χ2v) is 4.87. The lowest BCUT2D eigenvalue weighted by molar-refractivity contribution is 0.502. The summed E-state index contributed by atoms with van der Waals surface area (Å²) in [6.07, 6.45) is 1.69. The van der Waals surface area contributed by atoms with Gasteiger partial charge in [-0.05, 0) is 12.5 Å². The zero-order valence-corrected chi connectivity index (χ0v) is 11.1. The number of nitrogens with one attached hydrogen (secondary N) is 1. The van der Waals surface area contributed by atoms with Gasteiger partial charge in [-0.1, -0.05) is 6.92 Å². The van der Waals surface area contributed by atoms with Crippen molar-refractivity contribution >= 4 is 16.8 Å². The molecule has 2 heterocycles. The molecule has 1 aliphatic rings. The summed E-state index contributed by atoms with van der Waals surface area (Å²) in [5.41, 5.74) is 1.79. The molecule has 0 spiro atoms. The number of hydrogen-bond acceptors (Lipinski definition) is 4. The summed E-state index contributed by atoms with van der Waals surface area (Å²) in [5.74, 6) is 0.301. The molecule has 1 aromatic carbocycles. The largest absolute Gasteiger partial charge is 0.438 e. The number of hydrogen-bond donors (Lipinski definition) is 1. The Hall–Kier alpha value is -1.62. The van der Waals surface area contributed by atoms with E-state index < -0.39 is 0 Å². The molecule has 0 aliphatic carbocycles. The predicted molar refractivity (Wildman–Crippen MR) is 73.0 cm³/mol. The van der Waals surface area contributed by atoms with Gasteiger partial charge in [-0.15, -0.1) is 0 Å². The molecule has 1 fully saturated rings. The van der Waals surface area contributed by atoms with Crippen LogP contribution in [0, 0.1) is 5.82 Å². The van der Waals surface area contributed by atoms with Crippen molar-refractivity contribution in [2.45, 2.75) is 19.8 Å². The lowest BCUT2D eigenvalue weighted by Crippen LogP contribution is -2.43. The van der Waals surface area contributed by atoms with Gasteiger partial charge in [-0.2, -0.15) is 0 Å². The normalized spacial score (nSPS) is 16.2. The van der Waals surface area contributed by atoms with Crippen LogP contribution in [0.15, 0.2) is 16.5 Å². The van der Waals surface area contributed by atoms with Crippen molar-refractivity contribution in [2.75, 3.05) is 31.1 Å². The number of rotatable bonds is 3. The summed E-state index contributed by atoms with van der Waals surface area (Å²) in [5, 5.41) is 3.29. The summed E-state index contributed by atoms with van der Waals surface area (Å²) in [6.45, 7) is 5.70. The van der Waals surface area contributed by atoms with Gasteiger partial charge in [0.2, 0.25) is 0 Å². The van der Waals surface area contributed by atoms with Crippen LogP contribution in [0.5, 0.6) is 0 Å². The fraction of sp³-hybridized carbons (Fsp3) is 0.500. The predicted octanol–water partition coefficient (Wildman–Crippen LogP) is 2.33. The van der Waals surface area contributed by atoms with E-state index in [1.807, 2.05) is 6.07 Å². The second-order valence-electron chi connectivity index (χ2n) is 4.87. The third-order valence-electron chi connectivity index (χ3n) is 3.42. The molecule has 1 aromatic heterocycles. The number of anilines is 1. The Bertz CT molecular complexity index is 575. The van der Waals surface area contributed by atoms with Crippen molar-refractivity contribution in [1.29, 1.82) is 0 Å². The molecule has 5 heteroatoms. The number of piperazine rings is 1. The quantitative estimate of drug-likeness (QED) is 0.922. The summed E-state index contributed by atoms with van der Waals surface area (Å²) < 4.78 is 19.5. The van der Waals surface area contributed by atoms with Gasteiger partial charge in [0.15, 0.2) is 17.3 Å². The number of fused-ring (bicyclic) bond motifs is 1. The average molecular weight is 263 g/mol. The van der Waals surface area contributed by atoms with Crippen molar-refractivity contribution in [2.24, 2.45) is 0 Å². The molecule has 1 N–H and O–H groups in total. The smallest absolute Gasteiger partial charge is 0.195 e. The van der Waals surface area contributed by atoms with Crippen LogP contribution < -0.4 is 10.2 Å². The molecular formula is C14H18FN3O. The van der Waals surface area contributed by atoms with Gasteiger partial charge < -0.3 is 14.6 Å². The topological polar surface area (TPSA) is 41.3 Å². The first-order valence-corrected chi connectivity index (χ1v) is 6.82. The lowest BCUT2D eigenvalue weighted by Gasteiger charge is -2.29. The van der Waals surface area contributed by atoms with E-state index in [-0.39, 0.29) is 11.4 Å². The molecule has 102 valence electrons. The zero-order chi connectivity index (χ0) is 13.2. The van der Waals surface area contributed by atoms with E-state index >= 15 is 0 Å². The number of aryl methyl sites for hydroxylation is 1. The molecule has 0 bridgehead atoms. The summed E-state index contributed by atoms with van der Waals surface area (Å²) in [4.78, 5) is 6.54. The van der Waals surface area contributed by atoms with Crippen molar-refractivity contribution in [3.05, 3.63) is 23.8 Å². The highest BCUT2D eigenvalue weighted by atomic mass is 19.1. The Morgan fingerprint density at radius 3 is 2.89 bits per heavy atom.